The summed E-state index contributed by atoms with van der Waals surface area (Å²) in [6.45, 7) is 2.09. The number of thioether (sulfide) groups is 1. The fraction of sp³-hybridized carbons (Fsp3) is 0.200. The number of sulfone groups is 1. The molecule has 0 aliphatic carbocycles. The van der Waals surface area contributed by atoms with Gasteiger partial charge in [-0.1, -0.05) is 18.2 Å². The largest absolute Gasteiger partial charge is 0.325 e. The predicted molar refractivity (Wildman–Crippen MR) is 89.3 cm³/mol. The highest BCUT2D eigenvalue weighted by Crippen LogP contribution is 2.32. The second-order valence-electron chi connectivity index (χ2n) is 4.98. The molecule has 2 N–H and O–H groups in total. The summed E-state index contributed by atoms with van der Waals surface area (Å²) < 4.78 is 27.7. The van der Waals surface area contributed by atoms with E-state index in [0.717, 1.165) is 5.69 Å². The Morgan fingerprint density at radius 1 is 1.26 bits per heavy atom. The molecule has 3 rings (SSSR count). The minimum Gasteiger partial charge on any atom is -0.325 e. The van der Waals surface area contributed by atoms with Crippen LogP contribution in [0, 0.1) is 6.92 Å². The standard InChI is InChI=1S/C15H16N4O2S2/c1-10-8-11(9-16)17-14-13(15(22-2)18-19(10)14)23(20,21)12-6-4-3-5-7-12/h3-8H,9,16H2,1-2H3. The van der Waals surface area contributed by atoms with E-state index >= 15 is 0 Å². The van der Waals surface area contributed by atoms with Crippen LogP contribution in [0.2, 0.25) is 0 Å². The van der Waals surface area contributed by atoms with Crippen molar-refractivity contribution in [3.05, 3.63) is 47.8 Å². The molecule has 0 saturated heterocycles. The van der Waals surface area contributed by atoms with Gasteiger partial charge in [-0.3, -0.25) is 0 Å². The van der Waals surface area contributed by atoms with Gasteiger partial charge in [0.1, 0.15) is 5.03 Å². The summed E-state index contributed by atoms with van der Waals surface area (Å²) in [6, 6.07) is 10.1. The van der Waals surface area contributed by atoms with E-state index in [1.54, 1.807) is 41.1 Å². The summed E-state index contributed by atoms with van der Waals surface area (Å²) in [5.41, 5.74) is 7.41. The predicted octanol–water partition coefficient (Wildman–Crippen LogP) is 2.05. The number of aromatic nitrogens is 3. The maximum absolute atomic E-state index is 13.1. The van der Waals surface area contributed by atoms with Crippen LogP contribution in [0.25, 0.3) is 5.65 Å². The van der Waals surface area contributed by atoms with Gasteiger partial charge in [0.15, 0.2) is 10.5 Å². The first-order valence-electron chi connectivity index (χ1n) is 6.92. The zero-order valence-corrected chi connectivity index (χ0v) is 14.4. The van der Waals surface area contributed by atoms with Crippen molar-refractivity contribution in [1.82, 2.24) is 14.6 Å². The van der Waals surface area contributed by atoms with Crippen LogP contribution in [0.5, 0.6) is 0 Å². The number of rotatable bonds is 4. The van der Waals surface area contributed by atoms with Crippen LogP contribution >= 0.6 is 11.8 Å². The molecule has 2 heterocycles. The summed E-state index contributed by atoms with van der Waals surface area (Å²) >= 11 is 1.28. The van der Waals surface area contributed by atoms with Gasteiger partial charge in [0, 0.05) is 12.2 Å². The van der Waals surface area contributed by atoms with E-state index in [1.807, 2.05) is 13.0 Å². The monoisotopic (exact) mass is 348 g/mol. The van der Waals surface area contributed by atoms with Crippen LogP contribution in [-0.2, 0) is 16.4 Å². The van der Waals surface area contributed by atoms with Gasteiger partial charge in [-0.2, -0.15) is 5.10 Å². The van der Waals surface area contributed by atoms with Gasteiger partial charge in [0.05, 0.1) is 10.6 Å². The van der Waals surface area contributed by atoms with Crippen LogP contribution in [0.1, 0.15) is 11.4 Å². The van der Waals surface area contributed by atoms with Crippen molar-refractivity contribution in [2.24, 2.45) is 5.73 Å². The highest BCUT2D eigenvalue weighted by molar-refractivity contribution is 7.99. The van der Waals surface area contributed by atoms with E-state index in [-0.39, 0.29) is 16.3 Å². The van der Waals surface area contributed by atoms with Gasteiger partial charge in [-0.25, -0.2) is 17.9 Å². The minimum atomic E-state index is -3.71. The number of hydrogen-bond acceptors (Lipinski definition) is 6. The lowest BCUT2D eigenvalue weighted by atomic mass is 10.3. The van der Waals surface area contributed by atoms with E-state index in [9.17, 15) is 8.42 Å². The Hall–Kier alpha value is -1.90. The summed E-state index contributed by atoms with van der Waals surface area (Å²) in [7, 11) is -3.71. The molecule has 120 valence electrons. The van der Waals surface area contributed by atoms with Crippen molar-refractivity contribution in [1.29, 1.82) is 0 Å². The number of nitrogens with two attached hydrogens (primary N) is 1. The molecule has 0 unspecified atom stereocenters. The molecule has 0 atom stereocenters. The zero-order chi connectivity index (χ0) is 16.6. The molecular formula is C15H16N4O2S2. The second-order valence-corrected chi connectivity index (χ2v) is 7.66. The molecule has 0 aliphatic rings. The van der Waals surface area contributed by atoms with Gasteiger partial charge in [0.2, 0.25) is 9.84 Å². The van der Waals surface area contributed by atoms with Crippen molar-refractivity contribution < 1.29 is 8.42 Å². The highest BCUT2D eigenvalue weighted by Gasteiger charge is 2.28. The molecule has 0 fully saturated rings. The third-order valence-electron chi connectivity index (χ3n) is 3.47. The van der Waals surface area contributed by atoms with Crippen LogP contribution in [0.4, 0.5) is 0 Å². The minimum absolute atomic E-state index is 0.134. The molecule has 6 nitrogen and oxygen atoms in total. The van der Waals surface area contributed by atoms with Crippen LogP contribution in [-0.4, -0.2) is 29.3 Å². The molecule has 0 radical (unpaired) electrons. The first-order chi connectivity index (χ1) is 11.0. The average molecular weight is 348 g/mol. The Bertz CT molecular complexity index is 966. The van der Waals surface area contributed by atoms with Gasteiger partial charge >= 0.3 is 0 Å². The highest BCUT2D eigenvalue weighted by atomic mass is 32.2. The molecule has 1 aromatic carbocycles. The number of hydrogen-bond donors (Lipinski definition) is 1. The van der Waals surface area contributed by atoms with E-state index in [2.05, 4.69) is 10.1 Å². The fourth-order valence-corrected chi connectivity index (χ4v) is 4.79. The summed E-state index contributed by atoms with van der Waals surface area (Å²) in [6.07, 6.45) is 1.80. The molecular weight excluding hydrogens is 332 g/mol. The fourth-order valence-electron chi connectivity index (χ4n) is 2.38. The quantitative estimate of drug-likeness (QED) is 0.726. The van der Waals surface area contributed by atoms with Crippen molar-refractivity contribution in [2.45, 2.75) is 28.3 Å². The summed E-state index contributed by atoms with van der Waals surface area (Å²) in [5, 5.41) is 4.82. The van der Waals surface area contributed by atoms with Gasteiger partial charge in [-0.15, -0.1) is 11.8 Å². The number of benzene rings is 1. The lowest BCUT2D eigenvalue weighted by Gasteiger charge is -2.06. The molecule has 8 heteroatoms. The Kier molecular flexibility index (Phi) is 4.13. The first-order valence-corrected chi connectivity index (χ1v) is 9.63. The summed E-state index contributed by atoms with van der Waals surface area (Å²) in [4.78, 5) is 4.76. The van der Waals surface area contributed by atoms with Gasteiger partial charge in [0.25, 0.3) is 0 Å². The number of aryl methyl sites for hydroxylation is 1. The number of fused-ring (bicyclic) bond motifs is 1. The lowest BCUT2D eigenvalue weighted by Crippen LogP contribution is -2.07. The first kappa shape index (κ1) is 16.0. The molecule has 23 heavy (non-hydrogen) atoms. The summed E-state index contributed by atoms with van der Waals surface area (Å²) in [5.74, 6) is 0. The zero-order valence-electron chi connectivity index (χ0n) is 12.7. The van der Waals surface area contributed by atoms with Crippen LogP contribution < -0.4 is 5.73 Å². The van der Waals surface area contributed by atoms with E-state index in [0.29, 0.717) is 16.4 Å². The Morgan fingerprint density at radius 3 is 2.57 bits per heavy atom. The van der Waals surface area contributed by atoms with Gasteiger partial charge in [-0.05, 0) is 31.4 Å². The number of nitrogens with zero attached hydrogens (tertiary/aromatic N) is 3. The molecule has 3 aromatic rings. The molecule has 0 bridgehead atoms. The Balaban J connectivity index is 2.38. The molecule has 2 aromatic heterocycles. The average Bonchev–Trinajstić information content (AvgIpc) is 2.95. The molecule has 0 saturated carbocycles. The van der Waals surface area contributed by atoms with E-state index in [1.165, 1.54) is 11.8 Å². The third-order valence-corrected chi connectivity index (χ3v) is 6.08. The van der Waals surface area contributed by atoms with E-state index < -0.39 is 9.84 Å². The normalized spacial score (nSPS) is 12.0. The van der Waals surface area contributed by atoms with Crippen molar-refractivity contribution in [3.63, 3.8) is 0 Å². The van der Waals surface area contributed by atoms with Crippen LogP contribution in [0.3, 0.4) is 0 Å². The van der Waals surface area contributed by atoms with Crippen molar-refractivity contribution in [2.75, 3.05) is 6.26 Å². The Labute approximate surface area is 138 Å². The maximum Gasteiger partial charge on any atom is 0.213 e. The maximum atomic E-state index is 13.1. The molecule has 0 aliphatic heterocycles. The molecule has 0 spiro atoms. The smallest absolute Gasteiger partial charge is 0.213 e. The molecule has 0 amide bonds. The SMILES string of the molecule is CSc1nn2c(C)cc(CN)nc2c1S(=O)(=O)c1ccccc1. The van der Waals surface area contributed by atoms with E-state index in [4.69, 9.17) is 5.73 Å². The van der Waals surface area contributed by atoms with Crippen molar-refractivity contribution in [3.8, 4) is 0 Å². The third kappa shape index (κ3) is 2.62. The Morgan fingerprint density at radius 2 is 1.96 bits per heavy atom. The van der Waals surface area contributed by atoms with Crippen LogP contribution in [0.15, 0.2) is 51.2 Å². The second kappa shape index (κ2) is 5.95. The topological polar surface area (TPSA) is 90.3 Å². The lowest BCUT2D eigenvalue weighted by molar-refractivity contribution is 0.594. The van der Waals surface area contributed by atoms with Gasteiger partial charge < -0.3 is 5.73 Å². The van der Waals surface area contributed by atoms with Crippen molar-refractivity contribution >= 4 is 27.2 Å².